The number of amides is 1. The molecule has 0 radical (unpaired) electrons. The highest BCUT2D eigenvalue weighted by Crippen LogP contribution is 2.15. The summed E-state index contributed by atoms with van der Waals surface area (Å²) in [4.78, 5) is 12.1. The topological polar surface area (TPSA) is 78.7 Å². The van der Waals surface area contributed by atoms with Crippen LogP contribution in [-0.4, -0.2) is 16.1 Å². The molecule has 2 aromatic rings. The zero-order chi connectivity index (χ0) is 15.4. The monoisotopic (exact) mass is 280 g/mol. The summed E-state index contributed by atoms with van der Waals surface area (Å²) in [6.45, 7) is 5.84. The van der Waals surface area contributed by atoms with Gasteiger partial charge in [-0.2, -0.15) is 15.5 Å². The van der Waals surface area contributed by atoms with Crippen molar-refractivity contribution in [2.75, 3.05) is 0 Å². The van der Waals surface area contributed by atoms with Gasteiger partial charge in [-0.1, -0.05) is 0 Å². The van der Waals surface area contributed by atoms with Gasteiger partial charge in [-0.3, -0.25) is 4.79 Å². The first kappa shape index (κ1) is 14.7. The van der Waals surface area contributed by atoms with Gasteiger partial charge in [0.25, 0.3) is 5.91 Å². The van der Waals surface area contributed by atoms with E-state index in [2.05, 4.69) is 21.6 Å². The summed E-state index contributed by atoms with van der Waals surface area (Å²) in [6, 6.07) is 9.27. The number of carbonyl (C=O) groups excluding carboxylic acids is 1. The molecule has 0 spiro atoms. The number of benzene rings is 1. The van der Waals surface area contributed by atoms with E-state index < -0.39 is 0 Å². The fourth-order valence-corrected chi connectivity index (χ4v) is 2.06. The van der Waals surface area contributed by atoms with Crippen molar-refractivity contribution in [3.8, 4) is 6.07 Å². The van der Waals surface area contributed by atoms with Gasteiger partial charge in [0.15, 0.2) is 0 Å². The van der Waals surface area contributed by atoms with Crippen LogP contribution in [-0.2, 0) is 6.54 Å². The summed E-state index contributed by atoms with van der Waals surface area (Å²) in [7, 11) is 0. The molecule has 0 bridgehead atoms. The quantitative estimate of drug-likeness (QED) is 0.934. The van der Waals surface area contributed by atoms with E-state index in [9.17, 15) is 4.79 Å². The minimum atomic E-state index is -0.187. The molecule has 5 heteroatoms. The van der Waals surface area contributed by atoms with Crippen molar-refractivity contribution >= 4 is 5.91 Å². The molecule has 0 atom stereocenters. The summed E-state index contributed by atoms with van der Waals surface area (Å²) in [5.74, 6) is -0.187. The molecule has 21 heavy (non-hydrogen) atoms. The third-order valence-electron chi connectivity index (χ3n) is 3.19. The lowest BCUT2D eigenvalue weighted by molar-refractivity contribution is 0.0950. The van der Waals surface area contributed by atoms with Crippen molar-refractivity contribution in [1.82, 2.24) is 15.5 Å². The summed E-state index contributed by atoms with van der Waals surface area (Å²) in [5, 5.41) is 19.8. The number of nitrogens with zero attached hydrogens (tertiary/aromatic N) is 3. The Balaban J connectivity index is 2.11. The second-order valence-corrected chi connectivity index (χ2v) is 4.95. The third-order valence-corrected chi connectivity index (χ3v) is 3.19. The van der Waals surface area contributed by atoms with E-state index in [0.29, 0.717) is 23.4 Å². The van der Waals surface area contributed by atoms with Crippen LogP contribution in [0.3, 0.4) is 0 Å². The fourth-order valence-electron chi connectivity index (χ4n) is 2.06. The normalized spacial score (nSPS) is 10.0. The molecule has 1 aromatic heterocycles. The van der Waals surface area contributed by atoms with E-state index in [-0.39, 0.29) is 5.91 Å². The van der Waals surface area contributed by atoms with Crippen LogP contribution >= 0.6 is 0 Å². The van der Waals surface area contributed by atoms with Crippen LogP contribution in [0.1, 0.15) is 38.4 Å². The molecular weight excluding hydrogens is 264 g/mol. The molecule has 1 aromatic carbocycles. The van der Waals surface area contributed by atoms with Crippen LogP contribution in [0.15, 0.2) is 24.3 Å². The van der Waals surface area contributed by atoms with E-state index in [4.69, 9.17) is 5.26 Å². The van der Waals surface area contributed by atoms with Crippen LogP contribution in [0.5, 0.6) is 0 Å². The summed E-state index contributed by atoms with van der Waals surface area (Å²) < 4.78 is 0. The van der Waals surface area contributed by atoms with Crippen molar-refractivity contribution in [3.63, 3.8) is 0 Å². The number of nitrogens with one attached hydrogen (secondary N) is 1. The molecule has 1 heterocycles. The van der Waals surface area contributed by atoms with E-state index in [0.717, 1.165) is 16.8 Å². The van der Waals surface area contributed by atoms with E-state index in [1.807, 2.05) is 32.9 Å². The van der Waals surface area contributed by atoms with E-state index >= 15 is 0 Å². The Kier molecular flexibility index (Phi) is 4.29. The molecule has 2 rings (SSSR count). The van der Waals surface area contributed by atoms with Gasteiger partial charge in [-0.25, -0.2) is 0 Å². The number of carbonyl (C=O) groups is 1. The predicted octanol–water partition coefficient (Wildman–Crippen LogP) is 2.20. The first-order valence-corrected chi connectivity index (χ1v) is 6.60. The van der Waals surface area contributed by atoms with Crippen molar-refractivity contribution in [1.29, 1.82) is 5.26 Å². The highest BCUT2D eigenvalue weighted by Gasteiger charge is 2.10. The first-order chi connectivity index (χ1) is 10.0. The summed E-state index contributed by atoms with van der Waals surface area (Å²) in [5.41, 5.74) is 4.31. The number of aryl methyl sites for hydroxylation is 3. The molecule has 0 aliphatic heterocycles. The first-order valence-electron chi connectivity index (χ1n) is 6.60. The number of hydrogen-bond acceptors (Lipinski definition) is 4. The molecule has 0 saturated heterocycles. The Morgan fingerprint density at radius 1 is 1.19 bits per heavy atom. The van der Waals surface area contributed by atoms with Crippen LogP contribution in [0.2, 0.25) is 0 Å². The maximum Gasteiger partial charge on any atom is 0.251 e. The van der Waals surface area contributed by atoms with Crippen molar-refractivity contribution in [2.24, 2.45) is 0 Å². The lowest BCUT2D eigenvalue weighted by atomic mass is 10.00. The van der Waals surface area contributed by atoms with Gasteiger partial charge in [0, 0.05) is 5.56 Å². The minimum Gasteiger partial charge on any atom is -0.346 e. The SMILES string of the molecule is Cc1ccc(CNC(=O)c2cc(C)c(C#N)c(C)c2)nn1. The zero-order valence-corrected chi connectivity index (χ0v) is 12.3. The summed E-state index contributed by atoms with van der Waals surface area (Å²) in [6.07, 6.45) is 0. The molecule has 0 fully saturated rings. The van der Waals surface area contributed by atoms with Gasteiger partial charge < -0.3 is 5.32 Å². The van der Waals surface area contributed by atoms with Gasteiger partial charge in [0.2, 0.25) is 0 Å². The Bertz CT molecular complexity index is 691. The fraction of sp³-hybridized carbons (Fsp3) is 0.250. The number of rotatable bonds is 3. The van der Waals surface area contributed by atoms with E-state index in [1.165, 1.54) is 0 Å². The van der Waals surface area contributed by atoms with Crippen LogP contribution in [0.4, 0.5) is 0 Å². The van der Waals surface area contributed by atoms with Gasteiger partial charge in [-0.05, 0) is 56.2 Å². The second kappa shape index (κ2) is 6.14. The Hall–Kier alpha value is -2.74. The Labute approximate surface area is 123 Å². The highest BCUT2D eigenvalue weighted by atomic mass is 16.1. The van der Waals surface area contributed by atoms with E-state index in [1.54, 1.807) is 12.1 Å². The van der Waals surface area contributed by atoms with Gasteiger partial charge >= 0.3 is 0 Å². The standard InChI is InChI=1S/C16H16N4O/c1-10-6-13(7-11(2)15(10)8-17)16(21)18-9-14-5-4-12(3)19-20-14/h4-7H,9H2,1-3H3,(H,18,21). The molecule has 1 amide bonds. The molecule has 0 aliphatic carbocycles. The lowest BCUT2D eigenvalue weighted by Gasteiger charge is -2.08. The Morgan fingerprint density at radius 2 is 1.86 bits per heavy atom. The number of nitriles is 1. The van der Waals surface area contributed by atoms with Gasteiger partial charge in [0.05, 0.1) is 29.6 Å². The van der Waals surface area contributed by atoms with Crippen molar-refractivity contribution in [3.05, 3.63) is 57.9 Å². The predicted molar refractivity (Wildman–Crippen MR) is 78.6 cm³/mol. The molecule has 5 nitrogen and oxygen atoms in total. The van der Waals surface area contributed by atoms with Gasteiger partial charge in [-0.15, -0.1) is 0 Å². The maximum atomic E-state index is 12.1. The highest BCUT2D eigenvalue weighted by molar-refractivity contribution is 5.94. The van der Waals surface area contributed by atoms with Crippen molar-refractivity contribution in [2.45, 2.75) is 27.3 Å². The molecule has 106 valence electrons. The number of aromatic nitrogens is 2. The van der Waals surface area contributed by atoms with Crippen LogP contribution in [0.25, 0.3) is 0 Å². The number of hydrogen-bond donors (Lipinski definition) is 1. The van der Waals surface area contributed by atoms with Crippen molar-refractivity contribution < 1.29 is 4.79 Å². The molecular formula is C16H16N4O. The minimum absolute atomic E-state index is 0.187. The van der Waals surface area contributed by atoms with Crippen LogP contribution in [0, 0.1) is 32.1 Å². The lowest BCUT2D eigenvalue weighted by Crippen LogP contribution is -2.23. The maximum absolute atomic E-state index is 12.1. The zero-order valence-electron chi connectivity index (χ0n) is 12.3. The largest absolute Gasteiger partial charge is 0.346 e. The smallest absolute Gasteiger partial charge is 0.251 e. The molecule has 0 aliphatic rings. The Morgan fingerprint density at radius 3 is 2.38 bits per heavy atom. The average molecular weight is 280 g/mol. The third kappa shape index (κ3) is 3.42. The van der Waals surface area contributed by atoms with Crippen LogP contribution < -0.4 is 5.32 Å². The average Bonchev–Trinajstić information content (AvgIpc) is 2.46. The summed E-state index contributed by atoms with van der Waals surface area (Å²) >= 11 is 0. The second-order valence-electron chi connectivity index (χ2n) is 4.95. The van der Waals surface area contributed by atoms with Gasteiger partial charge in [0.1, 0.15) is 0 Å². The molecule has 0 saturated carbocycles. The molecule has 0 unspecified atom stereocenters. The molecule has 1 N–H and O–H groups in total.